The Morgan fingerprint density at radius 1 is 1.35 bits per heavy atom. The Balaban J connectivity index is 2.30. The number of oxazole rings is 1. The highest BCUT2D eigenvalue weighted by atomic mass is 16.4. The molecule has 0 saturated heterocycles. The lowest BCUT2D eigenvalue weighted by Crippen LogP contribution is -1.99. The van der Waals surface area contributed by atoms with Crippen molar-refractivity contribution in [2.75, 3.05) is 0 Å². The SMILES string of the molecule is Cc1ccc(-c2cnc(CC(=O)O)o2)cc1C. The second-order valence-corrected chi connectivity index (χ2v) is 3.99. The van der Waals surface area contributed by atoms with Crippen molar-refractivity contribution in [2.45, 2.75) is 20.3 Å². The Labute approximate surface area is 98.9 Å². The van der Waals surface area contributed by atoms with Gasteiger partial charge in [0, 0.05) is 5.56 Å². The largest absolute Gasteiger partial charge is 0.481 e. The van der Waals surface area contributed by atoms with Crippen LogP contribution in [0.2, 0.25) is 0 Å². The first-order valence-electron chi connectivity index (χ1n) is 5.30. The van der Waals surface area contributed by atoms with Crippen molar-refractivity contribution in [3.05, 3.63) is 41.4 Å². The van der Waals surface area contributed by atoms with Crippen LogP contribution in [0.25, 0.3) is 11.3 Å². The van der Waals surface area contributed by atoms with Crippen molar-refractivity contribution < 1.29 is 14.3 Å². The fourth-order valence-electron chi connectivity index (χ4n) is 1.55. The van der Waals surface area contributed by atoms with Gasteiger partial charge < -0.3 is 9.52 Å². The number of aromatic nitrogens is 1. The van der Waals surface area contributed by atoms with Crippen LogP contribution in [0, 0.1) is 13.8 Å². The molecule has 1 aromatic heterocycles. The minimum absolute atomic E-state index is 0.190. The molecule has 2 aromatic rings. The van der Waals surface area contributed by atoms with Gasteiger partial charge in [-0.15, -0.1) is 0 Å². The molecule has 0 amide bonds. The van der Waals surface area contributed by atoms with Crippen LogP contribution in [0.3, 0.4) is 0 Å². The molecule has 0 spiro atoms. The molecule has 1 aromatic carbocycles. The van der Waals surface area contributed by atoms with Gasteiger partial charge in [-0.05, 0) is 31.0 Å². The summed E-state index contributed by atoms with van der Waals surface area (Å²) in [5.41, 5.74) is 3.29. The van der Waals surface area contributed by atoms with E-state index in [1.165, 1.54) is 11.1 Å². The van der Waals surface area contributed by atoms with Gasteiger partial charge in [-0.3, -0.25) is 4.79 Å². The summed E-state index contributed by atoms with van der Waals surface area (Å²) < 4.78 is 5.38. The van der Waals surface area contributed by atoms with Gasteiger partial charge in [0.1, 0.15) is 6.42 Å². The summed E-state index contributed by atoms with van der Waals surface area (Å²) in [5.74, 6) is -0.117. The maximum atomic E-state index is 10.5. The molecule has 0 aliphatic rings. The zero-order valence-corrected chi connectivity index (χ0v) is 9.73. The predicted molar refractivity (Wildman–Crippen MR) is 62.8 cm³/mol. The Morgan fingerprint density at radius 3 is 2.76 bits per heavy atom. The van der Waals surface area contributed by atoms with E-state index in [1.807, 2.05) is 32.0 Å². The summed E-state index contributed by atoms with van der Waals surface area (Å²) in [6.45, 7) is 4.06. The van der Waals surface area contributed by atoms with E-state index >= 15 is 0 Å². The summed E-state index contributed by atoms with van der Waals surface area (Å²) in [6, 6.07) is 5.94. The molecular formula is C13H13NO3. The predicted octanol–water partition coefficient (Wildman–Crippen LogP) is 2.59. The average molecular weight is 231 g/mol. The molecule has 2 rings (SSSR count). The highest BCUT2D eigenvalue weighted by Gasteiger charge is 2.09. The van der Waals surface area contributed by atoms with Crippen molar-refractivity contribution in [3.63, 3.8) is 0 Å². The molecule has 0 fully saturated rings. The topological polar surface area (TPSA) is 63.3 Å². The van der Waals surface area contributed by atoms with E-state index in [-0.39, 0.29) is 12.3 Å². The fraction of sp³-hybridized carbons (Fsp3) is 0.231. The average Bonchev–Trinajstić information content (AvgIpc) is 2.69. The highest BCUT2D eigenvalue weighted by Crippen LogP contribution is 2.23. The summed E-state index contributed by atoms with van der Waals surface area (Å²) in [4.78, 5) is 14.5. The number of nitrogens with zero attached hydrogens (tertiary/aromatic N) is 1. The van der Waals surface area contributed by atoms with Crippen molar-refractivity contribution in [3.8, 4) is 11.3 Å². The molecule has 1 N–H and O–H groups in total. The molecule has 4 nitrogen and oxygen atoms in total. The van der Waals surface area contributed by atoms with Crippen molar-refractivity contribution in [1.29, 1.82) is 0 Å². The summed E-state index contributed by atoms with van der Waals surface area (Å²) in [6.07, 6.45) is 1.37. The second-order valence-electron chi connectivity index (χ2n) is 3.99. The lowest BCUT2D eigenvalue weighted by molar-refractivity contribution is -0.136. The molecule has 0 atom stereocenters. The first-order chi connectivity index (χ1) is 8.06. The summed E-state index contributed by atoms with van der Waals surface area (Å²) >= 11 is 0. The zero-order chi connectivity index (χ0) is 12.4. The van der Waals surface area contributed by atoms with Gasteiger partial charge in [0.15, 0.2) is 5.76 Å². The maximum absolute atomic E-state index is 10.5. The molecule has 0 unspecified atom stereocenters. The van der Waals surface area contributed by atoms with E-state index in [9.17, 15) is 4.79 Å². The minimum atomic E-state index is -0.946. The number of benzene rings is 1. The van der Waals surface area contributed by atoms with Gasteiger partial charge in [0.25, 0.3) is 0 Å². The van der Waals surface area contributed by atoms with Crippen molar-refractivity contribution in [2.24, 2.45) is 0 Å². The van der Waals surface area contributed by atoms with Gasteiger partial charge in [-0.25, -0.2) is 4.98 Å². The van der Waals surface area contributed by atoms with Gasteiger partial charge in [0.2, 0.25) is 5.89 Å². The van der Waals surface area contributed by atoms with Crippen LogP contribution >= 0.6 is 0 Å². The van der Waals surface area contributed by atoms with Crippen LogP contribution in [0.5, 0.6) is 0 Å². The Kier molecular flexibility index (Phi) is 2.95. The van der Waals surface area contributed by atoms with Crippen LogP contribution in [0.1, 0.15) is 17.0 Å². The quantitative estimate of drug-likeness (QED) is 0.881. The number of aliphatic carboxylic acids is 1. The van der Waals surface area contributed by atoms with E-state index in [4.69, 9.17) is 9.52 Å². The molecule has 0 aliphatic carbocycles. The van der Waals surface area contributed by atoms with E-state index < -0.39 is 5.97 Å². The van der Waals surface area contributed by atoms with Crippen LogP contribution < -0.4 is 0 Å². The number of hydrogen-bond donors (Lipinski definition) is 1. The highest BCUT2D eigenvalue weighted by molar-refractivity contribution is 5.69. The lowest BCUT2D eigenvalue weighted by Gasteiger charge is -2.01. The van der Waals surface area contributed by atoms with Gasteiger partial charge >= 0.3 is 5.97 Å². The molecule has 88 valence electrons. The van der Waals surface area contributed by atoms with Crippen LogP contribution in [-0.2, 0) is 11.2 Å². The molecule has 0 aliphatic heterocycles. The summed E-state index contributed by atoms with van der Waals surface area (Å²) in [5, 5.41) is 8.63. The van der Waals surface area contributed by atoms with E-state index in [0.29, 0.717) is 5.76 Å². The number of carboxylic acid groups (broad SMARTS) is 1. The molecular weight excluding hydrogens is 218 g/mol. The standard InChI is InChI=1S/C13H13NO3/c1-8-3-4-10(5-9(8)2)11-7-14-12(17-11)6-13(15)16/h3-5,7H,6H2,1-2H3,(H,15,16). The van der Waals surface area contributed by atoms with Crippen molar-refractivity contribution in [1.82, 2.24) is 4.98 Å². The number of rotatable bonds is 3. The van der Waals surface area contributed by atoms with Gasteiger partial charge in [-0.2, -0.15) is 0 Å². The normalized spacial score (nSPS) is 10.5. The van der Waals surface area contributed by atoms with Crippen LogP contribution in [0.4, 0.5) is 0 Å². The molecule has 0 bridgehead atoms. The number of carboxylic acids is 1. The fourth-order valence-corrected chi connectivity index (χ4v) is 1.55. The monoisotopic (exact) mass is 231 g/mol. The first-order valence-corrected chi connectivity index (χ1v) is 5.30. The Hall–Kier alpha value is -2.10. The first kappa shape index (κ1) is 11.4. The van der Waals surface area contributed by atoms with Crippen LogP contribution in [-0.4, -0.2) is 16.1 Å². The third-order valence-corrected chi connectivity index (χ3v) is 2.65. The Morgan fingerprint density at radius 2 is 2.12 bits per heavy atom. The molecule has 4 heteroatoms. The maximum Gasteiger partial charge on any atom is 0.312 e. The summed E-state index contributed by atoms with van der Waals surface area (Å²) in [7, 11) is 0. The number of carbonyl (C=O) groups is 1. The Bertz CT molecular complexity index is 558. The minimum Gasteiger partial charge on any atom is -0.481 e. The number of aryl methyl sites for hydroxylation is 2. The molecule has 0 saturated carbocycles. The molecule has 17 heavy (non-hydrogen) atoms. The zero-order valence-electron chi connectivity index (χ0n) is 9.73. The van der Waals surface area contributed by atoms with E-state index in [1.54, 1.807) is 6.20 Å². The second kappa shape index (κ2) is 4.41. The van der Waals surface area contributed by atoms with E-state index in [0.717, 1.165) is 5.56 Å². The smallest absolute Gasteiger partial charge is 0.312 e. The third-order valence-electron chi connectivity index (χ3n) is 2.65. The third kappa shape index (κ3) is 2.53. The van der Waals surface area contributed by atoms with Gasteiger partial charge in [-0.1, -0.05) is 12.1 Å². The lowest BCUT2D eigenvalue weighted by atomic mass is 10.1. The van der Waals surface area contributed by atoms with Crippen LogP contribution in [0.15, 0.2) is 28.8 Å². The molecule has 1 heterocycles. The van der Waals surface area contributed by atoms with Gasteiger partial charge in [0.05, 0.1) is 6.20 Å². The van der Waals surface area contributed by atoms with Crippen molar-refractivity contribution >= 4 is 5.97 Å². The van der Waals surface area contributed by atoms with E-state index in [2.05, 4.69) is 4.98 Å². The molecule has 0 radical (unpaired) electrons. The number of hydrogen-bond acceptors (Lipinski definition) is 3.